The molecule has 214 valence electrons. The second kappa shape index (κ2) is 12.7. The van der Waals surface area contributed by atoms with Gasteiger partial charge in [-0.05, 0) is 111 Å². The van der Waals surface area contributed by atoms with Gasteiger partial charge in [-0.2, -0.15) is 15.4 Å². The van der Waals surface area contributed by atoms with Crippen LogP contribution in [0.2, 0.25) is 0 Å². The first kappa shape index (κ1) is 31.0. The molecule has 0 aromatic heterocycles. The van der Waals surface area contributed by atoms with E-state index in [0.29, 0.717) is 54.9 Å². The van der Waals surface area contributed by atoms with E-state index in [4.69, 9.17) is 4.84 Å². The number of hydroxylamine groups is 1. The highest BCUT2D eigenvalue weighted by Crippen LogP contribution is 2.68. The van der Waals surface area contributed by atoms with Crippen molar-refractivity contribution in [1.29, 1.82) is 0 Å². The lowest BCUT2D eigenvalue weighted by atomic mass is 9.43. The van der Waals surface area contributed by atoms with Crippen LogP contribution in [0.3, 0.4) is 0 Å². The molecule has 5 unspecified atom stereocenters. The third-order valence-electron chi connectivity index (χ3n) is 11.5. The molecule has 0 saturated heterocycles. The maximum absolute atomic E-state index is 12.1. The van der Waals surface area contributed by atoms with E-state index < -0.39 is 0 Å². The predicted molar refractivity (Wildman–Crippen MR) is 153 cm³/mol. The van der Waals surface area contributed by atoms with Crippen molar-refractivity contribution in [2.45, 2.75) is 117 Å². The lowest BCUT2D eigenvalue weighted by molar-refractivity contribution is -0.184. The molecular weight excluding hydrogens is 483 g/mol. The second-order valence-corrected chi connectivity index (χ2v) is 13.2. The van der Waals surface area contributed by atoms with Crippen LogP contribution >= 0.6 is 9.90 Å². The van der Waals surface area contributed by atoms with E-state index in [1.165, 1.54) is 25.7 Å². The zero-order chi connectivity index (χ0) is 26.1. The molecule has 7 heteroatoms. The zero-order valence-electron chi connectivity index (χ0n) is 24.2. The van der Waals surface area contributed by atoms with E-state index >= 15 is 0 Å². The quantitative estimate of drug-likeness (QED) is 0.266. The average molecular weight is 539 g/mol. The molecule has 0 aromatic carbocycles. The van der Waals surface area contributed by atoms with Crippen LogP contribution in [-0.2, 0) is 14.4 Å². The van der Waals surface area contributed by atoms with Gasteiger partial charge >= 0.3 is 0 Å². The van der Waals surface area contributed by atoms with E-state index in [-0.39, 0.29) is 51.2 Å². The summed E-state index contributed by atoms with van der Waals surface area (Å²) in [5.74, 6) is 3.61. The van der Waals surface area contributed by atoms with Crippen molar-refractivity contribution in [1.82, 2.24) is 10.8 Å². The first-order valence-corrected chi connectivity index (χ1v) is 15.0. The van der Waals surface area contributed by atoms with Crippen LogP contribution < -0.4 is 10.8 Å². The summed E-state index contributed by atoms with van der Waals surface area (Å²) in [5, 5.41) is 14.5. The molecule has 0 bridgehead atoms. The highest BCUT2D eigenvalue weighted by molar-refractivity contribution is 6.92. The van der Waals surface area contributed by atoms with Gasteiger partial charge in [-0.25, -0.2) is 0 Å². The van der Waals surface area contributed by atoms with Crippen molar-refractivity contribution >= 4 is 21.6 Å². The van der Waals surface area contributed by atoms with Crippen LogP contribution in [0.4, 0.5) is 0 Å². The maximum atomic E-state index is 12.1. The Labute approximate surface area is 228 Å². The number of fused-ring (bicyclic) bond motifs is 5. The lowest BCUT2D eigenvalue weighted by Crippen LogP contribution is -2.59. The highest BCUT2D eigenvalue weighted by atomic mass is 31.0. The molecule has 0 spiro atoms. The Kier molecular flexibility index (Phi) is 10.7. The van der Waals surface area contributed by atoms with Gasteiger partial charge in [0.1, 0.15) is 5.78 Å². The molecule has 4 rings (SSSR count). The molecule has 0 aromatic rings. The van der Waals surface area contributed by atoms with E-state index in [1.807, 2.05) is 13.8 Å². The summed E-state index contributed by atoms with van der Waals surface area (Å²) in [6, 6.07) is 0. The van der Waals surface area contributed by atoms with Gasteiger partial charge in [-0.15, -0.1) is 0 Å². The molecular formula is C30H55N2O4P. The Bertz CT molecular complexity index is 796. The van der Waals surface area contributed by atoms with Crippen molar-refractivity contribution in [2.24, 2.45) is 46.3 Å². The molecule has 4 saturated carbocycles. The first-order valence-electron chi connectivity index (χ1n) is 15.0. The number of amides is 1. The summed E-state index contributed by atoms with van der Waals surface area (Å²) in [7, 11) is 0. The van der Waals surface area contributed by atoms with E-state index in [2.05, 4.69) is 31.6 Å². The van der Waals surface area contributed by atoms with Crippen molar-refractivity contribution in [2.75, 3.05) is 13.1 Å². The molecule has 4 aliphatic rings. The minimum absolute atomic E-state index is 0. The normalized spacial score (nSPS) is 41.5. The van der Waals surface area contributed by atoms with Crippen molar-refractivity contribution in [3.63, 3.8) is 0 Å². The fourth-order valence-corrected chi connectivity index (χ4v) is 9.48. The van der Waals surface area contributed by atoms with Crippen molar-refractivity contribution < 1.29 is 19.5 Å². The van der Waals surface area contributed by atoms with Crippen LogP contribution in [0.15, 0.2) is 0 Å². The van der Waals surface area contributed by atoms with Crippen molar-refractivity contribution in [3.8, 4) is 0 Å². The number of aliphatic hydroxyl groups excluding tert-OH is 1. The standard InChI is InChI=1S/C30H52N2O4.H3P/c1-6-21(33)18-32-36-22-12-14-29(4)20(16-22)17-26(34)28-24-10-9-23(30(24,5)15-13-25(28)29)19(3)8-11-27(35)31-7-2;/h19-20,22-26,28,32,34H,6-18H2,1-5H3,(H,31,35);1H3/t19-,20-,22+,23?,24?,25?,26+,28?,29-,30+;/m0./s1. The number of ketones is 1. The summed E-state index contributed by atoms with van der Waals surface area (Å²) in [6.07, 6.45) is 11.0. The fraction of sp³-hybridized carbons (Fsp3) is 0.933. The molecule has 4 fully saturated rings. The Hall–Kier alpha value is -0.550. The number of nitrogens with one attached hydrogen (secondary N) is 2. The number of rotatable bonds is 10. The Morgan fingerprint density at radius 3 is 2.43 bits per heavy atom. The number of carbonyl (C=O) groups excluding carboxylic acids is 2. The minimum atomic E-state index is -0.226. The van der Waals surface area contributed by atoms with Crippen LogP contribution in [0.25, 0.3) is 0 Å². The summed E-state index contributed by atoms with van der Waals surface area (Å²) in [5.41, 5.74) is 3.47. The number of carbonyl (C=O) groups is 2. The third-order valence-corrected chi connectivity index (χ3v) is 11.5. The number of hydrogen-bond donors (Lipinski definition) is 3. The third kappa shape index (κ3) is 6.13. The summed E-state index contributed by atoms with van der Waals surface area (Å²) >= 11 is 0. The molecule has 3 N–H and O–H groups in total. The Morgan fingerprint density at radius 1 is 1.03 bits per heavy atom. The molecule has 11 atom stereocenters. The number of Topliss-reactive ketones (excluding diaryl/α,β-unsaturated/α-hetero) is 1. The summed E-state index contributed by atoms with van der Waals surface area (Å²) < 4.78 is 0. The van der Waals surface area contributed by atoms with Crippen LogP contribution in [0.1, 0.15) is 105 Å². The smallest absolute Gasteiger partial charge is 0.219 e. The Balaban J connectivity index is 0.00000380. The van der Waals surface area contributed by atoms with Gasteiger partial charge in [0.15, 0.2) is 0 Å². The van der Waals surface area contributed by atoms with Crippen molar-refractivity contribution in [3.05, 3.63) is 0 Å². The molecule has 0 aliphatic heterocycles. The van der Waals surface area contributed by atoms with Gasteiger partial charge < -0.3 is 10.4 Å². The van der Waals surface area contributed by atoms with Crippen LogP contribution in [-0.4, -0.2) is 42.1 Å². The average Bonchev–Trinajstić information content (AvgIpc) is 3.20. The van der Waals surface area contributed by atoms with Gasteiger partial charge in [0, 0.05) is 19.4 Å². The minimum Gasteiger partial charge on any atom is -0.393 e. The second-order valence-electron chi connectivity index (χ2n) is 13.2. The zero-order valence-corrected chi connectivity index (χ0v) is 25.6. The molecule has 4 aliphatic carbocycles. The van der Waals surface area contributed by atoms with Gasteiger partial charge in [0.05, 0.1) is 18.8 Å². The lowest BCUT2D eigenvalue weighted by Gasteiger charge is -2.62. The van der Waals surface area contributed by atoms with Gasteiger partial charge in [0.2, 0.25) is 5.91 Å². The molecule has 0 radical (unpaired) electrons. The molecule has 6 nitrogen and oxygen atoms in total. The number of hydrogen-bond acceptors (Lipinski definition) is 5. The topological polar surface area (TPSA) is 87.7 Å². The highest BCUT2D eigenvalue weighted by Gasteiger charge is 2.63. The van der Waals surface area contributed by atoms with E-state index in [9.17, 15) is 14.7 Å². The summed E-state index contributed by atoms with van der Waals surface area (Å²) in [4.78, 5) is 29.6. The van der Waals surface area contributed by atoms with Gasteiger partial charge in [-0.1, -0.05) is 27.7 Å². The molecule has 0 heterocycles. The van der Waals surface area contributed by atoms with E-state index in [0.717, 1.165) is 32.1 Å². The fourth-order valence-electron chi connectivity index (χ4n) is 9.48. The van der Waals surface area contributed by atoms with Gasteiger partial charge in [0.25, 0.3) is 0 Å². The largest absolute Gasteiger partial charge is 0.393 e. The maximum Gasteiger partial charge on any atom is 0.219 e. The predicted octanol–water partition coefficient (Wildman–Crippen LogP) is 5.10. The molecule has 1 amide bonds. The first-order chi connectivity index (χ1) is 17.1. The Morgan fingerprint density at radius 2 is 1.73 bits per heavy atom. The SMILES string of the molecule is CCNC(=O)CC[C@H](C)C1CCC2C3C(CC[C@@]21C)[C@@]1(C)CC[C@@H](ONCC(=O)CC)C[C@H]1C[C@H]3O.P. The van der Waals surface area contributed by atoms with Crippen LogP contribution in [0.5, 0.6) is 0 Å². The molecule has 37 heavy (non-hydrogen) atoms. The van der Waals surface area contributed by atoms with E-state index in [1.54, 1.807) is 0 Å². The van der Waals surface area contributed by atoms with Gasteiger partial charge in [-0.3, -0.25) is 14.4 Å². The monoisotopic (exact) mass is 538 g/mol. The summed E-state index contributed by atoms with van der Waals surface area (Å²) in [6.45, 7) is 12.2. The van der Waals surface area contributed by atoms with Crippen LogP contribution in [0, 0.1) is 46.3 Å². The number of aliphatic hydroxyl groups is 1.